The summed E-state index contributed by atoms with van der Waals surface area (Å²) < 4.78 is 5.32. The first-order valence-corrected chi connectivity index (χ1v) is 10.1. The molecule has 8 nitrogen and oxygen atoms in total. The van der Waals surface area contributed by atoms with Crippen molar-refractivity contribution in [3.63, 3.8) is 0 Å². The Bertz CT molecular complexity index is 1070. The van der Waals surface area contributed by atoms with Crippen molar-refractivity contribution in [2.75, 3.05) is 5.32 Å². The van der Waals surface area contributed by atoms with E-state index in [2.05, 4.69) is 15.6 Å². The minimum atomic E-state index is -1.06. The number of amides is 3. The van der Waals surface area contributed by atoms with E-state index in [4.69, 9.17) is 10.5 Å². The number of rotatable bonds is 8. The summed E-state index contributed by atoms with van der Waals surface area (Å²) in [6.45, 7) is 3.52. The van der Waals surface area contributed by atoms with Crippen molar-refractivity contribution >= 4 is 34.5 Å². The number of aryl methyl sites for hydroxylation is 1. The number of aromatic nitrogens is 1. The summed E-state index contributed by atoms with van der Waals surface area (Å²) in [5.41, 5.74) is 8.73. The number of H-pyrrole nitrogens is 1. The van der Waals surface area contributed by atoms with Gasteiger partial charge in [0.05, 0.1) is 0 Å². The number of carbonyl (C=O) groups excluding carboxylic acids is 3. The maximum atomic E-state index is 12.7. The topological polar surface area (TPSA) is 126 Å². The zero-order valence-electron chi connectivity index (χ0n) is 17.5. The highest BCUT2D eigenvalue weighted by Crippen LogP contribution is 2.19. The quantitative estimate of drug-likeness (QED) is 0.416. The van der Waals surface area contributed by atoms with Crippen LogP contribution in [0.2, 0.25) is 0 Å². The average molecular weight is 422 g/mol. The monoisotopic (exact) mass is 422 g/mol. The lowest BCUT2D eigenvalue weighted by Crippen LogP contribution is -2.47. The third kappa shape index (κ3) is 5.63. The van der Waals surface area contributed by atoms with Crippen LogP contribution in [0.3, 0.4) is 0 Å². The number of primary amides is 1. The van der Waals surface area contributed by atoms with Crippen molar-refractivity contribution in [3.8, 4) is 0 Å². The summed E-state index contributed by atoms with van der Waals surface area (Å²) in [7, 11) is 0. The molecule has 2 aromatic carbocycles. The lowest BCUT2D eigenvalue weighted by atomic mass is 10.1. The number of carbonyl (C=O) groups is 3. The molecule has 31 heavy (non-hydrogen) atoms. The molecule has 3 amide bonds. The van der Waals surface area contributed by atoms with Crippen molar-refractivity contribution in [1.29, 1.82) is 0 Å². The Morgan fingerprint density at radius 2 is 1.81 bits per heavy atom. The van der Waals surface area contributed by atoms with Crippen LogP contribution >= 0.6 is 0 Å². The average Bonchev–Trinajstić information content (AvgIpc) is 3.16. The van der Waals surface area contributed by atoms with Crippen LogP contribution < -0.4 is 16.4 Å². The van der Waals surface area contributed by atoms with E-state index in [0.717, 1.165) is 28.5 Å². The molecule has 0 aliphatic heterocycles. The van der Waals surface area contributed by atoms with Crippen LogP contribution in [-0.2, 0) is 27.2 Å². The Hall–Kier alpha value is -3.81. The number of hydrogen-bond donors (Lipinski definition) is 4. The summed E-state index contributed by atoms with van der Waals surface area (Å²) in [4.78, 5) is 39.7. The molecule has 0 aliphatic rings. The van der Waals surface area contributed by atoms with Gasteiger partial charge in [-0.3, -0.25) is 4.79 Å². The molecule has 3 rings (SSSR count). The first-order valence-electron chi connectivity index (χ1n) is 10.1. The number of benzene rings is 2. The van der Waals surface area contributed by atoms with E-state index in [1.165, 1.54) is 6.92 Å². The van der Waals surface area contributed by atoms with E-state index >= 15 is 0 Å². The van der Waals surface area contributed by atoms with Gasteiger partial charge in [-0.25, -0.2) is 9.59 Å². The lowest BCUT2D eigenvalue weighted by molar-refractivity contribution is -0.155. The van der Waals surface area contributed by atoms with E-state index in [1.807, 2.05) is 43.3 Å². The Balaban J connectivity index is 1.66. The maximum absolute atomic E-state index is 12.7. The van der Waals surface area contributed by atoms with Gasteiger partial charge in [-0.05, 0) is 42.7 Å². The number of hydrogen-bond acceptors (Lipinski definition) is 4. The van der Waals surface area contributed by atoms with Crippen LogP contribution in [-0.4, -0.2) is 35.0 Å². The number of para-hydroxylation sites is 1. The largest absolute Gasteiger partial charge is 0.451 e. The fraction of sp³-hybridized carbons (Fsp3) is 0.261. The van der Waals surface area contributed by atoms with Crippen LogP contribution in [0, 0.1) is 0 Å². The second-order valence-electron chi connectivity index (χ2n) is 7.24. The van der Waals surface area contributed by atoms with Crippen LogP contribution in [0.5, 0.6) is 0 Å². The van der Waals surface area contributed by atoms with Crippen LogP contribution in [0.15, 0.2) is 54.7 Å². The first-order chi connectivity index (χ1) is 14.9. The Morgan fingerprint density at radius 3 is 2.48 bits per heavy atom. The molecule has 1 aromatic heterocycles. The molecule has 0 radical (unpaired) electrons. The number of anilines is 1. The van der Waals surface area contributed by atoms with Crippen molar-refractivity contribution in [2.45, 2.75) is 38.8 Å². The van der Waals surface area contributed by atoms with Crippen molar-refractivity contribution in [3.05, 3.63) is 65.9 Å². The van der Waals surface area contributed by atoms with Crippen LogP contribution in [0.1, 0.15) is 25.0 Å². The van der Waals surface area contributed by atoms with Gasteiger partial charge in [-0.2, -0.15) is 0 Å². The molecule has 0 spiro atoms. The highest BCUT2D eigenvalue weighted by molar-refractivity contribution is 5.95. The molecule has 5 N–H and O–H groups in total. The molecule has 162 valence electrons. The molecule has 3 aromatic rings. The summed E-state index contributed by atoms with van der Waals surface area (Å²) in [6, 6.07) is 13.1. The van der Waals surface area contributed by atoms with E-state index < -0.39 is 30.1 Å². The number of esters is 1. The molecule has 0 bridgehead atoms. The van der Waals surface area contributed by atoms with Crippen molar-refractivity contribution in [2.24, 2.45) is 5.73 Å². The molecule has 0 unspecified atom stereocenters. The van der Waals surface area contributed by atoms with Gasteiger partial charge in [0.1, 0.15) is 6.04 Å². The van der Waals surface area contributed by atoms with Crippen molar-refractivity contribution < 1.29 is 19.1 Å². The second kappa shape index (κ2) is 9.80. The minimum absolute atomic E-state index is 0.165. The number of urea groups is 1. The molecular formula is C23H26N4O4. The molecule has 0 fully saturated rings. The molecule has 2 atom stereocenters. The van der Waals surface area contributed by atoms with E-state index in [0.29, 0.717) is 5.69 Å². The minimum Gasteiger partial charge on any atom is -0.451 e. The fourth-order valence-electron chi connectivity index (χ4n) is 3.26. The normalized spacial score (nSPS) is 12.7. The summed E-state index contributed by atoms with van der Waals surface area (Å²) in [6.07, 6.45) is 1.77. The van der Waals surface area contributed by atoms with Gasteiger partial charge in [0.15, 0.2) is 6.10 Å². The van der Waals surface area contributed by atoms with Crippen LogP contribution in [0.4, 0.5) is 10.5 Å². The molecule has 8 heteroatoms. The van der Waals surface area contributed by atoms with Gasteiger partial charge in [0.25, 0.3) is 5.91 Å². The van der Waals surface area contributed by atoms with Gasteiger partial charge in [0.2, 0.25) is 0 Å². The fourth-order valence-corrected chi connectivity index (χ4v) is 3.26. The zero-order chi connectivity index (χ0) is 22.4. The van der Waals surface area contributed by atoms with Crippen molar-refractivity contribution in [1.82, 2.24) is 10.3 Å². The van der Waals surface area contributed by atoms with Gasteiger partial charge in [-0.15, -0.1) is 0 Å². The standard InChI is InChI=1S/C23H26N4O4/c1-3-15-8-10-17(11-9-15)26-21(28)14(2)31-22(29)20(27-23(24)30)12-16-13-25-19-7-5-4-6-18(16)19/h4-11,13-14,20,25H,3,12H2,1-2H3,(H,26,28)(H3,24,27,30)/t14-,20-/m0/s1. The highest BCUT2D eigenvalue weighted by Gasteiger charge is 2.27. The van der Waals surface area contributed by atoms with Gasteiger partial charge in [-0.1, -0.05) is 37.3 Å². The Morgan fingerprint density at radius 1 is 1.10 bits per heavy atom. The molecular weight excluding hydrogens is 396 g/mol. The van der Waals surface area contributed by atoms with Gasteiger partial charge in [0, 0.05) is 29.2 Å². The predicted molar refractivity (Wildman–Crippen MR) is 119 cm³/mol. The third-order valence-electron chi connectivity index (χ3n) is 4.99. The second-order valence-corrected chi connectivity index (χ2v) is 7.24. The first kappa shape index (κ1) is 21.9. The number of fused-ring (bicyclic) bond motifs is 1. The van der Waals surface area contributed by atoms with E-state index in [9.17, 15) is 14.4 Å². The molecule has 0 saturated carbocycles. The maximum Gasteiger partial charge on any atom is 0.329 e. The van der Waals surface area contributed by atoms with Gasteiger partial charge < -0.3 is 26.1 Å². The third-order valence-corrected chi connectivity index (χ3v) is 4.99. The summed E-state index contributed by atoms with van der Waals surface area (Å²) in [5, 5.41) is 6.05. The SMILES string of the molecule is CCc1ccc(NC(=O)[C@H](C)OC(=O)[C@H](Cc2c[nH]c3ccccc23)NC(N)=O)cc1. The van der Waals surface area contributed by atoms with E-state index in [-0.39, 0.29) is 6.42 Å². The summed E-state index contributed by atoms with van der Waals surface area (Å²) >= 11 is 0. The van der Waals surface area contributed by atoms with Gasteiger partial charge >= 0.3 is 12.0 Å². The summed E-state index contributed by atoms with van der Waals surface area (Å²) in [5.74, 6) is -1.21. The van der Waals surface area contributed by atoms with E-state index in [1.54, 1.807) is 18.3 Å². The number of ether oxygens (including phenoxy) is 1. The highest BCUT2D eigenvalue weighted by atomic mass is 16.5. The molecule has 0 aliphatic carbocycles. The van der Waals surface area contributed by atoms with Crippen LogP contribution in [0.25, 0.3) is 10.9 Å². The number of nitrogens with one attached hydrogen (secondary N) is 3. The number of nitrogens with two attached hydrogens (primary N) is 1. The Labute approximate surface area is 180 Å². The zero-order valence-corrected chi connectivity index (χ0v) is 17.5. The Kier molecular flexibility index (Phi) is 6.92. The molecule has 0 saturated heterocycles. The lowest BCUT2D eigenvalue weighted by Gasteiger charge is -2.19. The number of aromatic amines is 1. The molecule has 1 heterocycles. The predicted octanol–water partition coefficient (Wildman–Crippen LogP) is 2.88. The smallest absolute Gasteiger partial charge is 0.329 e.